The van der Waals surface area contributed by atoms with Crippen molar-refractivity contribution in [3.8, 4) is 16.9 Å². The first kappa shape index (κ1) is 20.7. The molecule has 0 aromatic heterocycles. The predicted octanol–water partition coefficient (Wildman–Crippen LogP) is 7.90. The summed E-state index contributed by atoms with van der Waals surface area (Å²) in [5.41, 5.74) is 8.96. The number of rotatable bonds is 7. The van der Waals surface area contributed by atoms with E-state index >= 15 is 0 Å². The number of ether oxygens (including phenoxy) is 1. The number of hydrogen-bond donors (Lipinski definition) is 0. The lowest BCUT2D eigenvalue weighted by Gasteiger charge is -2.10. The van der Waals surface area contributed by atoms with Gasteiger partial charge in [-0.1, -0.05) is 78.4 Å². The van der Waals surface area contributed by atoms with Crippen LogP contribution in [0.2, 0.25) is 0 Å². The summed E-state index contributed by atoms with van der Waals surface area (Å²) < 4.78 is 5.44. The molecule has 0 radical (unpaired) electrons. The van der Waals surface area contributed by atoms with Crippen molar-refractivity contribution in [2.45, 2.75) is 33.6 Å². The first-order valence-electron chi connectivity index (χ1n) is 10.2. The fraction of sp³-hybridized carbons (Fsp3) is 0.214. The highest BCUT2D eigenvalue weighted by molar-refractivity contribution is 5.67. The van der Waals surface area contributed by atoms with E-state index in [2.05, 4.69) is 106 Å². The first-order valence-corrected chi connectivity index (χ1v) is 10.2. The van der Waals surface area contributed by atoms with E-state index in [1.807, 2.05) is 0 Å². The maximum absolute atomic E-state index is 5.44. The molecule has 0 saturated carbocycles. The molecule has 0 saturated heterocycles. The van der Waals surface area contributed by atoms with Crippen molar-refractivity contribution in [1.29, 1.82) is 0 Å². The Morgan fingerprint density at radius 1 is 0.931 bits per heavy atom. The van der Waals surface area contributed by atoms with Gasteiger partial charge in [-0.15, -0.1) is 0 Å². The van der Waals surface area contributed by atoms with Crippen molar-refractivity contribution in [2.24, 2.45) is 0 Å². The van der Waals surface area contributed by atoms with Gasteiger partial charge >= 0.3 is 0 Å². The average molecular weight is 385 g/mol. The van der Waals surface area contributed by atoms with Crippen LogP contribution in [-0.2, 0) is 6.42 Å². The molecule has 0 unspecified atom stereocenters. The quantitative estimate of drug-likeness (QED) is 0.376. The third-order valence-corrected chi connectivity index (χ3v) is 5.25. The summed E-state index contributed by atoms with van der Waals surface area (Å²) in [4.78, 5) is 0. The van der Waals surface area contributed by atoms with E-state index in [0.717, 1.165) is 18.6 Å². The summed E-state index contributed by atoms with van der Waals surface area (Å²) in [5.74, 6) is 0.906. The van der Waals surface area contributed by atoms with Crippen molar-refractivity contribution in [1.82, 2.24) is 0 Å². The number of methoxy groups -OCH3 is 1. The Hall–Kier alpha value is -3.06. The van der Waals surface area contributed by atoms with Crippen molar-refractivity contribution < 1.29 is 6.16 Å². The fourth-order valence-electron chi connectivity index (χ4n) is 3.59. The molecule has 0 amide bonds. The molecule has 1 heteroatoms. The molecular formula is C28H32O. The van der Waals surface area contributed by atoms with Crippen LogP contribution < -0.4 is 4.74 Å². The highest BCUT2D eigenvalue weighted by Crippen LogP contribution is 2.27. The topological polar surface area (TPSA) is 9.23 Å². The Balaban J connectivity index is 0.00000320. The lowest BCUT2D eigenvalue weighted by atomic mass is 9.97. The molecule has 0 atom stereocenters. The molecule has 29 heavy (non-hydrogen) atoms. The smallest absolute Gasteiger partial charge is 0.119 e. The minimum absolute atomic E-state index is 0. The van der Waals surface area contributed by atoms with Crippen molar-refractivity contribution in [3.05, 3.63) is 107 Å². The Morgan fingerprint density at radius 3 is 2.45 bits per heavy atom. The maximum Gasteiger partial charge on any atom is 0.119 e. The van der Waals surface area contributed by atoms with Gasteiger partial charge in [0.1, 0.15) is 5.75 Å². The van der Waals surface area contributed by atoms with Gasteiger partial charge in [0.25, 0.3) is 0 Å². The summed E-state index contributed by atoms with van der Waals surface area (Å²) in [6.45, 7) is 6.42. The number of benzene rings is 3. The summed E-state index contributed by atoms with van der Waals surface area (Å²) in [5, 5.41) is 0. The van der Waals surface area contributed by atoms with E-state index in [1.54, 1.807) is 7.11 Å². The first-order chi connectivity index (χ1) is 14.1. The standard InChI is InChI=1S/C28H30O.H2/c1-5-23(18-22(3)25-11-7-6-8-12-25)14-15-24-10-9-13-26(19-24)27-16-21(2)17-28(20-27)29-4;/h5-13,16-20H,14-15H2,1-4H3;1H/b22-18+,23-5-;. The van der Waals surface area contributed by atoms with Gasteiger partial charge in [-0.3, -0.25) is 0 Å². The van der Waals surface area contributed by atoms with Crippen LogP contribution in [0.3, 0.4) is 0 Å². The Labute approximate surface area is 176 Å². The number of hydrogen-bond acceptors (Lipinski definition) is 1. The van der Waals surface area contributed by atoms with Crippen LogP contribution in [0.25, 0.3) is 16.7 Å². The molecule has 3 aromatic carbocycles. The van der Waals surface area contributed by atoms with Crippen LogP contribution in [0.15, 0.2) is 90.5 Å². The minimum atomic E-state index is 0. The third kappa shape index (κ3) is 5.71. The van der Waals surface area contributed by atoms with Crippen LogP contribution in [0.1, 0.15) is 38.4 Å². The van der Waals surface area contributed by atoms with Crippen LogP contribution in [0.4, 0.5) is 0 Å². The molecule has 0 spiro atoms. The van der Waals surface area contributed by atoms with Crippen molar-refractivity contribution in [2.75, 3.05) is 7.11 Å². The molecule has 0 N–H and O–H groups in total. The average Bonchev–Trinajstić information content (AvgIpc) is 2.76. The SMILES string of the molecule is C/C=C(\C=C(/C)c1ccccc1)CCc1cccc(-c2cc(C)cc(OC)c2)c1.[HH]. The van der Waals surface area contributed by atoms with Crippen molar-refractivity contribution in [3.63, 3.8) is 0 Å². The molecular weight excluding hydrogens is 352 g/mol. The maximum atomic E-state index is 5.44. The highest BCUT2D eigenvalue weighted by atomic mass is 16.5. The molecule has 0 bridgehead atoms. The van der Waals surface area contributed by atoms with Crippen molar-refractivity contribution >= 4 is 5.57 Å². The van der Waals surface area contributed by atoms with E-state index in [-0.39, 0.29) is 1.43 Å². The Bertz CT molecular complexity index is 1020. The highest BCUT2D eigenvalue weighted by Gasteiger charge is 2.04. The molecule has 0 aliphatic rings. The van der Waals surface area contributed by atoms with Gasteiger partial charge in [0.15, 0.2) is 0 Å². The second-order valence-corrected chi connectivity index (χ2v) is 7.50. The van der Waals surface area contributed by atoms with E-state index in [0.29, 0.717) is 0 Å². The monoisotopic (exact) mass is 384 g/mol. The molecule has 1 nitrogen and oxygen atoms in total. The van der Waals surface area contributed by atoms with Gasteiger partial charge in [-0.05, 0) is 79.1 Å². The van der Waals surface area contributed by atoms with Gasteiger partial charge in [-0.2, -0.15) is 0 Å². The second-order valence-electron chi connectivity index (χ2n) is 7.50. The van der Waals surface area contributed by atoms with E-state index < -0.39 is 0 Å². The van der Waals surface area contributed by atoms with Gasteiger partial charge in [0, 0.05) is 1.43 Å². The largest absolute Gasteiger partial charge is 0.497 e. The lowest BCUT2D eigenvalue weighted by molar-refractivity contribution is 0.414. The number of aryl methyl sites for hydroxylation is 2. The molecule has 0 heterocycles. The summed E-state index contributed by atoms with van der Waals surface area (Å²) in [6, 6.07) is 25.8. The van der Waals surface area contributed by atoms with Gasteiger partial charge in [-0.25, -0.2) is 0 Å². The van der Waals surface area contributed by atoms with E-state index in [9.17, 15) is 0 Å². The second kappa shape index (κ2) is 9.93. The van der Waals surface area contributed by atoms with Crippen LogP contribution in [0.5, 0.6) is 5.75 Å². The zero-order valence-corrected chi connectivity index (χ0v) is 17.9. The Kier molecular flexibility index (Phi) is 7.08. The summed E-state index contributed by atoms with van der Waals surface area (Å²) in [6.07, 6.45) is 6.59. The summed E-state index contributed by atoms with van der Waals surface area (Å²) in [7, 11) is 1.72. The molecule has 150 valence electrons. The molecule has 0 aliphatic heterocycles. The Morgan fingerprint density at radius 2 is 1.72 bits per heavy atom. The van der Waals surface area contributed by atoms with Gasteiger partial charge in [0.2, 0.25) is 0 Å². The zero-order chi connectivity index (χ0) is 20.6. The van der Waals surface area contributed by atoms with Gasteiger partial charge < -0.3 is 4.74 Å². The third-order valence-electron chi connectivity index (χ3n) is 5.25. The zero-order valence-electron chi connectivity index (χ0n) is 17.9. The van der Waals surface area contributed by atoms with Crippen LogP contribution >= 0.6 is 0 Å². The molecule has 0 fully saturated rings. The fourth-order valence-corrected chi connectivity index (χ4v) is 3.59. The number of allylic oxidation sites excluding steroid dienone is 4. The molecule has 3 aromatic rings. The summed E-state index contributed by atoms with van der Waals surface area (Å²) >= 11 is 0. The van der Waals surface area contributed by atoms with Crippen LogP contribution in [0, 0.1) is 6.92 Å². The van der Waals surface area contributed by atoms with Crippen LogP contribution in [-0.4, -0.2) is 7.11 Å². The normalized spacial score (nSPS) is 12.1. The van der Waals surface area contributed by atoms with Gasteiger partial charge in [0.05, 0.1) is 7.11 Å². The lowest BCUT2D eigenvalue weighted by Crippen LogP contribution is -1.91. The van der Waals surface area contributed by atoms with E-state index in [1.165, 1.54) is 39.0 Å². The molecule has 3 rings (SSSR count). The molecule has 0 aliphatic carbocycles. The predicted molar refractivity (Wildman–Crippen MR) is 127 cm³/mol. The van der Waals surface area contributed by atoms with E-state index in [4.69, 9.17) is 4.74 Å². The minimum Gasteiger partial charge on any atom is -0.497 e.